The van der Waals surface area contributed by atoms with Crippen LogP contribution in [-0.2, 0) is 14.8 Å². The molecule has 1 amide bonds. The molecule has 0 unspecified atom stereocenters. The van der Waals surface area contributed by atoms with E-state index in [-0.39, 0.29) is 16.9 Å². The van der Waals surface area contributed by atoms with Crippen LogP contribution in [0.2, 0.25) is 0 Å². The number of hydrogen-bond donors (Lipinski definition) is 2. The van der Waals surface area contributed by atoms with Gasteiger partial charge in [-0.3, -0.25) is 4.79 Å². The van der Waals surface area contributed by atoms with E-state index in [1.807, 2.05) is 0 Å². The van der Waals surface area contributed by atoms with Gasteiger partial charge in [0.05, 0.1) is 12.5 Å². The van der Waals surface area contributed by atoms with Crippen LogP contribution in [-0.4, -0.2) is 47.7 Å². The highest BCUT2D eigenvalue weighted by atomic mass is 32.2. The van der Waals surface area contributed by atoms with Gasteiger partial charge in [-0.1, -0.05) is 32.1 Å². The maximum Gasteiger partial charge on any atom is 0.260 e. The smallest absolute Gasteiger partial charge is 0.260 e. The van der Waals surface area contributed by atoms with Gasteiger partial charge in [0, 0.05) is 25.0 Å². The van der Waals surface area contributed by atoms with Crippen molar-refractivity contribution < 1.29 is 13.2 Å². The molecule has 0 radical (unpaired) electrons. The fourth-order valence-corrected chi connectivity index (χ4v) is 5.17. The molecule has 7 nitrogen and oxygen atoms in total. The highest BCUT2D eigenvalue weighted by molar-refractivity contribution is 7.89. The fourth-order valence-electron chi connectivity index (χ4n) is 3.80. The lowest BCUT2D eigenvalue weighted by atomic mass is 9.94. The first-order chi connectivity index (χ1) is 12.1. The maximum atomic E-state index is 12.6. The van der Waals surface area contributed by atoms with E-state index in [0.717, 1.165) is 12.8 Å². The first kappa shape index (κ1) is 18.4. The number of amides is 1. The summed E-state index contributed by atoms with van der Waals surface area (Å²) in [6.07, 6.45) is 12.2. The molecule has 2 N–H and O–H groups in total. The molecule has 2 aliphatic rings. The lowest BCUT2D eigenvalue weighted by molar-refractivity contribution is -0.127. The summed E-state index contributed by atoms with van der Waals surface area (Å²) in [6, 6.07) is 0.291. The molecule has 1 saturated heterocycles. The molecule has 2 fully saturated rings. The molecule has 3 rings (SSSR count). The molecule has 1 saturated carbocycles. The summed E-state index contributed by atoms with van der Waals surface area (Å²) in [5.74, 6) is 0.0165. The molecule has 1 aromatic heterocycles. The Balaban J connectivity index is 1.50. The fraction of sp³-hybridized carbons (Fsp3) is 0.765. The van der Waals surface area contributed by atoms with Crippen molar-refractivity contribution >= 4 is 15.9 Å². The van der Waals surface area contributed by atoms with E-state index in [2.05, 4.69) is 15.3 Å². The summed E-state index contributed by atoms with van der Waals surface area (Å²) >= 11 is 0. The molecular weight excluding hydrogens is 340 g/mol. The van der Waals surface area contributed by atoms with Gasteiger partial charge in [-0.05, 0) is 25.7 Å². The monoisotopic (exact) mass is 368 g/mol. The van der Waals surface area contributed by atoms with E-state index in [1.165, 1.54) is 48.9 Å². The Morgan fingerprint density at radius 3 is 2.32 bits per heavy atom. The SMILES string of the molecule is O=C(NC1CCCCCCC1)C1CCN(S(=O)(=O)c2cnc[nH]2)CC1. The Bertz CT molecular complexity index is 643. The summed E-state index contributed by atoms with van der Waals surface area (Å²) in [5, 5.41) is 3.33. The third-order valence-corrected chi connectivity index (χ3v) is 7.19. The number of hydrogen-bond acceptors (Lipinski definition) is 4. The van der Waals surface area contributed by atoms with Gasteiger partial charge in [-0.15, -0.1) is 0 Å². The summed E-state index contributed by atoms with van der Waals surface area (Å²) in [5.41, 5.74) is 0. The van der Waals surface area contributed by atoms with E-state index in [4.69, 9.17) is 0 Å². The normalized spacial score (nSPS) is 22.2. The number of nitrogens with one attached hydrogen (secondary N) is 2. The standard InChI is InChI=1S/C17H28N4O3S/c22-17(20-15-6-4-2-1-3-5-7-15)14-8-10-21(11-9-14)25(23,24)16-12-18-13-19-16/h12-15H,1-11H2,(H,18,19)(H,20,22). The lowest BCUT2D eigenvalue weighted by Gasteiger charge is -2.31. The number of carbonyl (C=O) groups excluding carboxylic acids is 1. The maximum absolute atomic E-state index is 12.6. The van der Waals surface area contributed by atoms with Crippen molar-refractivity contribution in [3.63, 3.8) is 0 Å². The molecule has 0 atom stereocenters. The Morgan fingerprint density at radius 2 is 1.72 bits per heavy atom. The quantitative estimate of drug-likeness (QED) is 0.850. The van der Waals surface area contributed by atoms with Gasteiger partial charge in [0.15, 0.2) is 5.03 Å². The molecule has 140 valence electrons. The predicted molar refractivity (Wildman–Crippen MR) is 94.3 cm³/mol. The number of H-pyrrole nitrogens is 1. The molecule has 0 bridgehead atoms. The topological polar surface area (TPSA) is 95.2 Å². The number of carbonyl (C=O) groups is 1. The minimum absolute atomic E-state index is 0.0846. The average molecular weight is 369 g/mol. The Labute approximate surface area is 149 Å². The molecule has 0 spiro atoms. The van der Waals surface area contributed by atoms with E-state index in [0.29, 0.717) is 32.0 Å². The Hall–Kier alpha value is -1.41. The number of rotatable bonds is 4. The van der Waals surface area contributed by atoms with Crippen molar-refractivity contribution in [1.29, 1.82) is 0 Å². The molecule has 2 heterocycles. The zero-order chi connectivity index (χ0) is 17.7. The zero-order valence-electron chi connectivity index (χ0n) is 14.6. The van der Waals surface area contributed by atoms with Crippen molar-refractivity contribution in [1.82, 2.24) is 19.6 Å². The number of piperidine rings is 1. The van der Waals surface area contributed by atoms with Gasteiger partial charge < -0.3 is 10.3 Å². The van der Waals surface area contributed by atoms with Gasteiger partial charge in [-0.2, -0.15) is 4.31 Å². The van der Waals surface area contributed by atoms with Crippen LogP contribution in [0.15, 0.2) is 17.6 Å². The van der Waals surface area contributed by atoms with Gasteiger partial charge in [-0.25, -0.2) is 13.4 Å². The number of imidazole rings is 1. The molecular formula is C17H28N4O3S. The predicted octanol–water partition coefficient (Wildman–Crippen LogP) is 2.04. The van der Waals surface area contributed by atoms with Crippen LogP contribution < -0.4 is 5.32 Å². The summed E-state index contributed by atoms with van der Waals surface area (Å²) in [6.45, 7) is 0.758. The van der Waals surface area contributed by atoms with Crippen LogP contribution in [0.3, 0.4) is 0 Å². The van der Waals surface area contributed by atoms with Gasteiger partial charge in [0.25, 0.3) is 10.0 Å². The number of aromatic amines is 1. The highest BCUT2D eigenvalue weighted by Crippen LogP contribution is 2.24. The Morgan fingerprint density at radius 1 is 1.08 bits per heavy atom. The molecule has 0 aromatic carbocycles. The average Bonchev–Trinajstić information content (AvgIpc) is 3.12. The van der Waals surface area contributed by atoms with Crippen LogP contribution in [0.1, 0.15) is 57.8 Å². The molecule has 1 aliphatic heterocycles. The summed E-state index contributed by atoms with van der Waals surface area (Å²) in [4.78, 5) is 19.0. The third kappa shape index (κ3) is 4.61. The van der Waals surface area contributed by atoms with Crippen molar-refractivity contribution in [3.05, 3.63) is 12.5 Å². The lowest BCUT2D eigenvalue weighted by Crippen LogP contribution is -2.45. The van der Waals surface area contributed by atoms with Crippen molar-refractivity contribution in [2.24, 2.45) is 5.92 Å². The first-order valence-electron chi connectivity index (χ1n) is 9.36. The van der Waals surface area contributed by atoms with Crippen molar-refractivity contribution in [2.45, 2.75) is 68.9 Å². The molecule has 1 aliphatic carbocycles. The summed E-state index contributed by atoms with van der Waals surface area (Å²) in [7, 11) is -3.52. The second-order valence-electron chi connectivity index (χ2n) is 7.14. The van der Waals surface area contributed by atoms with E-state index in [9.17, 15) is 13.2 Å². The zero-order valence-corrected chi connectivity index (χ0v) is 15.4. The van der Waals surface area contributed by atoms with E-state index < -0.39 is 10.0 Å². The number of sulfonamides is 1. The van der Waals surface area contributed by atoms with Gasteiger partial charge in [0.2, 0.25) is 5.91 Å². The van der Waals surface area contributed by atoms with E-state index >= 15 is 0 Å². The second kappa shape index (κ2) is 8.31. The highest BCUT2D eigenvalue weighted by Gasteiger charge is 2.33. The molecule has 1 aromatic rings. The number of nitrogens with zero attached hydrogens (tertiary/aromatic N) is 2. The third-order valence-electron chi connectivity index (χ3n) is 5.37. The van der Waals surface area contributed by atoms with Gasteiger partial charge >= 0.3 is 0 Å². The van der Waals surface area contributed by atoms with Crippen LogP contribution in [0.4, 0.5) is 0 Å². The van der Waals surface area contributed by atoms with Crippen LogP contribution in [0.5, 0.6) is 0 Å². The van der Waals surface area contributed by atoms with Crippen LogP contribution in [0.25, 0.3) is 0 Å². The second-order valence-corrected chi connectivity index (χ2v) is 9.05. The van der Waals surface area contributed by atoms with Crippen molar-refractivity contribution in [2.75, 3.05) is 13.1 Å². The molecule has 8 heteroatoms. The Kier molecular flexibility index (Phi) is 6.11. The first-order valence-corrected chi connectivity index (χ1v) is 10.8. The minimum Gasteiger partial charge on any atom is -0.353 e. The minimum atomic E-state index is -3.52. The molecule has 25 heavy (non-hydrogen) atoms. The van der Waals surface area contributed by atoms with E-state index in [1.54, 1.807) is 0 Å². The van der Waals surface area contributed by atoms with Gasteiger partial charge in [0.1, 0.15) is 0 Å². The number of aromatic nitrogens is 2. The van der Waals surface area contributed by atoms with Crippen LogP contribution >= 0.6 is 0 Å². The van der Waals surface area contributed by atoms with Crippen molar-refractivity contribution in [3.8, 4) is 0 Å². The summed E-state index contributed by atoms with van der Waals surface area (Å²) < 4.78 is 26.4. The van der Waals surface area contributed by atoms with Crippen LogP contribution in [0, 0.1) is 5.92 Å². The largest absolute Gasteiger partial charge is 0.353 e.